The van der Waals surface area contributed by atoms with Crippen molar-refractivity contribution >= 4 is 35.2 Å². The third kappa shape index (κ3) is 6.58. The average Bonchev–Trinajstić information content (AvgIpc) is 3.54. The highest BCUT2D eigenvalue weighted by molar-refractivity contribution is 7.09. The SMILES string of the molecule is Cc1sc[n+](C(C=O)C2CCCN2)c1C.Cc1sc[n+](C(C=O)C2CCCN2)c1C.[Cl-].[Cl-]. The average molecular weight is 522 g/mol. The second kappa shape index (κ2) is 13.7. The Morgan fingerprint density at radius 3 is 1.41 bits per heavy atom. The number of nitrogens with one attached hydrogen (secondary N) is 2. The number of aryl methyl sites for hydroxylation is 2. The normalized spacial score (nSPS) is 21.5. The van der Waals surface area contributed by atoms with Gasteiger partial charge in [-0.25, -0.2) is 0 Å². The highest BCUT2D eigenvalue weighted by Crippen LogP contribution is 2.18. The van der Waals surface area contributed by atoms with Gasteiger partial charge in [-0.15, -0.1) is 0 Å². The summed E-state index contributed by atoms with van der Waals surface area (Å²) in [4.78, 5) is 25.0. The molecule has 4 atom stereocenters. The monoisotopic (exact) mass is 520 g/mol. The summed E-state index contributed by atoms with van der Waals surface area (Å²) in [6.45, 7) is 10.4. The van der Waals surface area contributed by atoms with E-state index in [0.29, 0.717) is 12.1 Å². The number of rotatable bonds is 6. The number of carbonyl (C=O) groups excluding carboxylic acids is 2. The molecule has 0 saturated carbocycles. The van der Waals surface area contributed by atoms with Gasteiger partial charge in [0.05, 0.1) is 21.8 Å². The first-order valence-corrected chi connectivity index (χ1v) is 12.5. The van der Waals surface area contributed by atoms with Gasteiger partial charge in [0.25, 0.3) is 0 Å². The van der Waals surface area contributed by atoms with Crippen LogP contribution in [-0.2, 0) is 9.59 Å². The summed E-state index contributed by atoms with van der Waals surface area (Å²) >= 11 is 3.42. The van der Waals surface area contributed by atoms with Crippen LogP contribution in [0.4, 0.5) is 0 Å². The molecule has 2 N–H and O–H groups in total. The number of nitrogens with zero attached hydrogens (tertiary/aromatic N) is 2. The van der Waals surface area contributed by atoms with Gasteiger partial charge in [-0.1, -0.05) is 22.7 Å². The Hall–Kier alpha value is -0.900. The first-order chi connectivity index (χ1) is 14.5. The Kier molecular flexibility index (Phi) is 12.5. The van der Waals surface area contributed by atoms with E-state index < -0.39 is 0 Å². The van der Waals surface area contributed by atoms with Crippen molar-refractivity contribution in [2.24, 2.45) is 0 Å². The van der Waals surface area contributed by atoms with Gasteiger partial charge >= 0.3 is 0 Å². The molecule has 0 spiro atoms. The van der Waals surface area contributed by atoms with Crippen molar-refractivity contribution in [3.8, 4) is 0 Å². The molecule has 0 bridgehead atoms. The van der Waals surface area contributed by atoms with E-state index in [0.717, 1.165) is 38.5 Å². The number of halogens is 2. The Morgan fingerprint density at radius 2 is 1.19 bits per heavy atom. The lowest BCUT2D eigenvalue weighted by Gasteiger charge is -2.12. The van der Waals surface area contributed by atoms with Crippen molar-refractivity contribution in [3.63, 3.8) is 0 Å². The van der Waals surface area contributed by atoms with Gasteiger partial charge in [0.15, 0.2) is 24.0 Å². The maximum absolute atomic E-state index is 11.2. The van der Waals surface area contributed by atoms with Gasteiger partial charge in [-0.05, 0) is 52.6 Å². The van der Waals surface area contributed by atoms with Crippen LogP contribution in [0.25, 0.3) is 0 Å². The molecule has 0 aliphatic carbocycles. The molecule has 4 unspecified atom stereocenters. The summed E-state index contributed by atoms with van der Waals surface area (Å²) in [6, 6.07) is 0.579. The zero-order valence-corrected chi connectivity index (χ0v) is 22.3. The van der Waals surface area contributed by atoms with Crippen LogP contribution >= 0.6 is 22.7 Å². The van der Waals surface area contributed by atoms with Gasteiger partial charge in [-0.2, -0.15) is 9.13 Å². The maximum atomic E-state index is 11.2. The topological polar surface area (TPSA) is 66.0 Å². The van der Waals surface area contributed by atoms with Crippen LogP contribution in [-0.4, -0.2) is 37.7 Å². The predicted octanol–water partition coefficient (Wildman–Crippen LogP) is -3.70. The van der Waals surface area contributed by atoms with Crippen LogP contribution in [0.5, 0.6) is 0 Å². The molecule has 0 amide bonds. The lowest BCUT2D eigenvalue weighted by atomic mass is 10.1. The van der Waals surface area contributed by atoms with E-state index in [-0.39, 0.29) is 36.9 Å². The minimum atomic E-state index is -0.0301. The van der Waals surface area contributed by atoms with E-state index in [4.69, 9.17) is 0 Å². The third-order valence-electron chi connectivity index (χ3n) is 6.42. The molecule has 2 aliphatic rings. The fourth-order valence-corrected chi connectivity index (χ4v) is 5.96. The Balaban J connectivity index is 0.000000301. The number of thiazole rings is 2. The molecule has 0 radical (unpaired) electrons. The molecule has 32 heavy (non-hydrogen) atoms. The molecule has 4 heterocycles. The zero-order chi connectivity index (χ0) is 21.7. The molecule has 180 valence electrons. The summed E-state index contributed by atoms with van der Waals surface area (Å²) in [7, 11) is 0. The molecule has 6 nitrogen and oxygen atoms in total. The number of aromatic nitrogens is 2. The van der Waals surface area contributed by atoms with Crippen LogP contribution in [0, 0.1) is 27.7 Å². The Labute approximate surface area is 211 Å². The highest BCUT2D eigenvalue weighted by atomic mass is 35.5. The number of carbonyl (C=O) groups is 2. The first-order valence-electron chi connectivity index (χ1n) is 10.8. The van der Waals surface area contributed by atoms with Crippen molar-refractivity contribution in [1.82, 2.24) is 10.6 Å². The van der Waals surface area contributed by atoms with Crippen LogP contribution in [0.15, 0.2) is 11.0 Å². The molecule has 0 aromatic carbocycles. The quantitative estimate of drug-likeness (QED) is 0.304. The largest absolute Gasteiger partial charge is 1.00 e. The number of hydrogen-bond acceptors (Lipinski definition) is 6. The standard InChI is InChI=1S/2C11H17N2OS.2ClH/c2*1-8-9(2)15-7-13(8)11(6-14)10-4-3-5-12-10;;/h2*6-7,10-12H,3-5H2,1-2H3;2*1H/q2*+1;;/p-2. The minimum Gasteiger partial charge on any atom is -1.00 e. The van der Waals surface area contributed by atoms with Gasteiger partial charge in [0.1, 0.15) is 0 Å². The zero-order valence-electron chi connectivity index (χ0n) is 19.1. The highest BCUT2D eigenvalue weighted by Gasteiger charge is 2.34. The Bertz CT molecular complexity index is 792. The third-order valence-corrected chi connectivity index (χ3v) is 8.39. The minimum absolute atomic E-state index is 0. The maximum Gasteiger partial charge on any atom is 0.229 e. The summed E-state index contributed by atoms with van der Waals surface area (Å²) in [6.07, 6.45) is 6.70. The molecule has 2 fully saturated rings. The summed E-state index contributed by atoms with van der Waals surface area (Å²) in [5, 5.41) is 6.79. The van der Waals surface area contributed by atoms with Gasteiger partial charge in [-0.3, -0.25) is 9.59 Å². The van der Waals surface area contributed by atoms with Crippen molar-refractivity contribution in [3.05, 3.63) is 32.2 Å². The first kappa shape index (κ1) is 29.1. The van der Waals surface area contributed by atoms with Gasteiger partial charge < -0.3 is 35.4 Å². The second-order valence-electron chi connectivity index (χ2n) is 8.20. The van der Waals surface area contributed by atoms with E-state index in [1.807, 2.05) is 0 Å². The molecule has 4 rings (SSSR count). The molecular formula is C22H34Cl2N4O2S2. The fourth-order valence-electron chi connectivity index (χ4n) is 4.27. The van der Waals surface area contributed by atoms with Crippen LogP contribution in [0.1, 0.15) is 58.9 Å². The molecule has 2 aromatic heterocycles. The van der Waals surface area contributed by atoms with Crippen molar-refractivity contribution in [2.45, 2.75) is 77.5 Å². The lowest BCUT2D eigenvalue weighted by molar-refractivity contribution is -0.711. The summed E-state index contributed by atoms with van der Waals surface area (Å²) in [5.41, 5.74) is 6.55. The van der Waals surface area contributed by atoms with E-state index in [2.05, 4.69) is 58.5 Å². The summed E-state index contributed by atoms with van der Waals surface area (Å²) in [5.74, 6) is 0. The van der Waals surface area contributed by atoms with Crippen molar-refractivity contribution in [1.29, 1.82) is 0 Å². The van der Waals surface area contributed by atoms with Crippen LogP contribution in [0.2, 0.25) is 0 Å². The Morgan fingerprint density at radius 1 is 0.812 bits per heavy atom. The van der Waals surface area contributed by atoms with E-state index in [1.165, 1.54) is 34.0 Å². The van der Waals surface area contributed by atoms with E-state index in [1.54, 1.807) is 22.7 Å². The molecule has 10 heteroatoms. The summed E-state index contributed by atoms with van der Waals surface area (Å²) < 4.78 is 4.21. The predicted molar refractivity (Wildman–Crippen MR) is 120 cm³/mol. The van der Waals surface area contributed by atoms with Crippen LogP contribution in [0.3, 0.4) is 0 Å². The second-order valence-corrected chi connectivity index (χ2v) is 10.3. The smallest absolute Gasteiger partial charge is 0.229 e. The molecule has 2 aliphatic heterocycles. The van der Waals surface area contributed by atoms with Crippen molar-refractivity contribution < 1.29 is 43.5 Å². The van der Waals surface area contributed by atoms with Gasteiger partial charge in [0, 0.05) is 13.8 Å². The van der Waals surface area contributed by atoms with Crippen molar-refractivity contribution in [2.75, 3.05) is 13.1 Å². The molecule has 2 saturated heterocycles. The molecular weight excluding hydrogens is 487 g/mol. The van der Waals surface area contributed by atoms with E-state index in [9.17, 15) is 9.59 Å². The lowest BCUT2D eigenvalue weighted by Crippen LogP contribution is -3.00. The van der Waals surface area contributed by atoms with Crippen LogP contribution < -0.4 is 44.6 Å². The van der Waals surface area contributed by atoms with E-state index >= 15 is 0 Å². The number of aldehydes is 2. The fraction of sp³-hybridized carbons (Fsp3) is 0.636. The number of hydrogen-bond donors (Lipinski definition) is 2. The molecule has 2 aromatic rings. The van der Waals surface area contributed by atoms with Gasteiger partial charge in [0.2, 0.25) is 23.1 Å².